The summed E-state index contributed by atoms with van der Waals surface area (Å²) < 4.78 is 18.4. The second kappa shape index (κ2) is 8.06. The van der Waals surface area contributed by atoms with Crippen LogP contribution >= 0.6 is 11.6 Å². The molecule has 2 aromatic carbocycles. The second-order valence-electron chi connectivity index (χ2n) is 6.61. The Morgan fingerprint density at radius 3 is 2.62 bits per heavy atom. The molecule has 0 spiro atoms. The van der Waals surface area contributed by atoms with Crippen LogP contribution in [0.4, 0.5) is 10.1 Å². The first kappa shape index (κ1) is 18.7. The first-order valence-electron chi connectivity index (χ1n) is 8.58. The van der Waals surface area contributed by atoms with Crippen LogP contribution in [0.2, 0.25) is 5.02 Å². The lowest BCUT2D eigenvalue weighted by atomic mass is 10.2. The maximum Gasteiger partial charge on any atom is 0.238 e. The Balaban J connectivity index is 1.67. The molecular formula is C20H22ClFN2O2. The Morgan fingerprint density at radius 2 is 2.00 bits per heavy atom. The van der Waals surface area contributed by atoms with E-state index in [-0.39, 0.29) is 18.3 Å². The number of nitrogens with one attached hydrogen (secondary N) is 1. The number of rotatable bonds is 7. The van der Waals surface area contributed by atoms with Gasteiger partial charge in [0.2, 0.25) is 5.91 Å². The van der Waals surface area contributed by atoms with Gasteiger partial charge in [-0.3, -0.25) is 9.69 Å². The van der Waals surface area contributed by atoms with Crippen molar-refractivity contribution in [2.24, 2.45) is 0 Å². The van der Waals surface area contributed by atoms with Crippen molar-refractivity contribution in [3.8, 4) is 5.75 Å². The molecule has 0 radical (unpaired) electrons. The van der Waals surface area contributed by atoms with E-state index in [2.05, 4.69) is 10.2 Å². The van der Waals surface area contributed by atoms with Gasteiger partial charge >= 0.3 is 0 Å². The Bertz CT molecular complexity index is 791. The molecule has 1 N–H and O–H groups in total. The fourth-order valence-corrected chi connectivity index (χ4v) is 3.04. The van der Waals surface area contributed by atoms with Crippen LogP contribution in [-0.4, -0.2) is 30.5 Å². The number of anilines is 1. The van der Waals surface area contributed by atoms with E-state index in [4.69, 9.17) is 16.3 Å². The van der Waals surface area contributed by atoms with Crippen LogP contribution in [0.15, 0.2) is 36.4 Å². The highest BCUT2D eigenvalue weighted by Gasteiger charge is 2.30. The molecular weight excluding hydrogens is 355 g/mol. The number of aryl methyl sites for hydroxylation is 1. The van der Waals surface area contributed by atoms with Crippen LogP contribution in [0.25, 0.3) is 0 Å². The summed E-state index contributed by atoms with van der Waals surface area (Å²) in [6.45, 7) is 2.77. The van der Waals surface area contributed by atoms with Gasteiger partial charge in [-0.05, 0) is 49.1 Å². The minimum absolute atomic E-state index is 0.112. The highest BCUT2D eigenvalue weighted by molar-refractivity contribution is 6.31. The topological polar surface area (TPSA) is 41.6 Å². The first-order chi connectivity index (χ1) is 12.5. The number of halogens is 2. The molecule has 0 unspecified atom stereocenters. The van der Waals surface area contributed by atoms with Gasteiger partial charge in [-0.15, -0.1) is 0 Å². The number of amides is 1. The van der Waals surface area contributed by atoms with Crippen LogP contribution in [0.1, 0.15) is 24.0 Å². The van der Waals surface area contributed by atoms with Crippen molar-refractivity contribution in [3.05, 3.63) is 58.4 Å². The molecule has 0 heterocycles. The predicted octanol–water partition coefficient (Wildman–Crippen LogP) is 4.40. The summed E-state index contributed by atoms with van der Waals surface area (Å²) >= 11 is 6.11. The molecule has 1 saturated carbocycles. The maximum atomic E-state index is 13.1. The van der Waals surface area contributed by atoms with Crippen LogP contribution in [0, 0.1) is 12.7 Å². The molecule has 138 valence electrons. The van der Waals surface area contributed by atoms with Gasteiger partial charge in [-0.1, -0.05) is 23.7 Å². The lowest BCUT2D eigenvalue weighted by Crippen LogP contribution is -2.34. The third kappa shape index (κ3) is 4.74. The monoisotopic (exact) mass is 376 g/mol. The maximum absolute atomic E-state index is 13.1. The van der Waals surface area contributed by atoms with E-state index in [1.165, 1.54) is 12.1 Å². The normalized spacial score (nSPS) is 13.7. The third-order valence-corrected chi connectivity index (χ3v) is 4.87. The Hall–Kier alpha value is -2.11. The van der Waals surface area contributed by atoms with Gasteiger partial charge in [0.25, 0.3) is 0 Å². The van der Waals surface area contributed by atoms with E-state index in [0.717, 1.165) is 24.0 Å². The van der Waals surface area contributed by atoms with Gasteiger partial charge in [-0.2, -0.15) is 0 Å². The Morgan fingerprint density at radius 1 is 1.31 bits per heavy atom. The summed E-state index contributed by atoms with van der Waals surface area (Å²) in [4.78, 5) is 14.7. The highest BCUT2D eigenvalue weighted by atomic mass is 35.5. The highest BCUT2D eigenvalue weighted by Crippen LogP contribution is 2.32. The van der Waals surface area contributed by atoms with E-state index < -0.39 is 0 Å². The van der Waals surface area contributed by atoms with Crippen LogP contribution in [0.5, 0.6) is 5.75 Å². The molecule has 4 nitrogen and oxygen atoms in total. The number of methoxy groups -OCH3 is 1. The van der Waals surface area contributed by atoms with E-state index in [1.807, 2.05) is 6.92 Å². The van der Waals surface area contributed by atoms with Gasteiger partial charge in [0.1, 0.15) is 11.6 Å². The molecule has 2 aromatic rings. The number of carbonyl (C=O) groups is 1. The van der Waals surface area contributed by atoms with E-state index in [1.54, 1.807) is 31.4 Å². The van der Waals surface area contributed by atoms with Crippen molar-refractivity contribution in [2.75, 3.05) is 19.0 Å². The van der Waals surface area contributed by atoms with Gasteiger partial charge in [-0.25, -0.2) is 4.39 Å². The van der Waals surface area contributed by atoms with Gasteiger partial charge < -0.3 is 10.1 Å². The molecule has 0 atom stereocenters. The molecule has 3 rings (SSSR count). The molecule has 0 bridgehead atoms. The lowest BCUT2D eigenvalue weighted by molar-refractivity contribution is -0.117. The summed E-state index contributed by atoms with van der Waals surface area (Å²) in [5, 5.41) is 3.51. The molecule has 0 aromatic heterocycles. The molecule has 1 amide bonds. The smallest absolute Gasteiger partial charge is 0.238 e. The largest absolute Gasteiger partial charge is 0.495 e. The minimum atomic E-state index is -0.255. The predicted molar refractivity (Wildman–Crippen MR) is 101 cm³/mol. The average Bonchev–Trinajstić information content (AvgIpc) is 3.44. The van der Waals surface area contributed by atoms with Gasteiger partial charge in [0.05, 0.1) is 19.3 Å². The number of carbonyl (C=O) groups excluding carboxylic acids is 1. The summed E-state index contributed by atoms with van der Waals surface area (Å²) in [6.07, 6.45) is 2.16. The van der Waals surface area contributed by atoms with Crippen molar-refractivity contribution < 1.29 is 13.9 Å². The summed E-state index contributed by atoms with van der Waals surface area (Å²) in [6, 6.07) is 10.3. The van der Waals surface area contributed by atoms with Gasteiger partial charge in [0, 0.05) is 23.7 Å². The Labute approximate surface area is 157 Å². The standard InChI is InChI=1S/C20H22ClFN2O2/c1-13-9-18(19(26-2)10-17(13)21)23-20(25)12-24(16-7-8-16)11-14-3-5-15(22)6-4-14/h3-6,9-10,16H,7-8,11-12H2,1-2H3,(H,23,25). The zero-order valence-electron chi connectivity index (χ0n) is 14.9. The number of hydrogen-bond donors (Lipinski definition) is 1. The molecule has 6 heteroatoms. The van der Waals surface area contributed by atoms with E-state index in [9.17, 15) is 9.18 Å². The quantitative estimate of drug-likeness (QED) is 0.778. The summed E-state index contributed by atoms with van der Waals surface area (Å²) in [5.74, 6) is 0.166. The number of benzene rings is 2. The fourth-order valence-electron chi connectivity index (χ4n) is 2.88. The number of hydrogen-bond acceptors (Lipinski definition) is 3. The van der Waals surface area contributed by atoms with E-state index >= 15 is 0 Å². The van der Waals surface area contributed by atoms with Gasteiger partial charge in [0.15, 0.2) is 0 Å². The van der Waals surface area contributed by atoms with Crippen LogP contribution in [0.3, 0.4) is 0 Å². The zero-order chi connectivity index (χ0) is 18.7. The average molecular weight is 377 g/mol. The van der Waals surface area contributed by atoms with Crippen molar-refractivity contribution >= 4 is 23.2 Å². The van der Waals surface area contributed by atoms with Crippen LogP contribution in [-0.2, 0) is 11.3 Å². The lowest BCUT2D eigenvalue weighted by Gasteiger charge is -2.22. The molecule has 1 aliphatic carbocycles. The first-order valence-corrected chi connectivity index (χ1v) is 8.96. The molecule has 0 saturated heterocycles. The molecule has 1 aliphatic rings. The summed E-state index contributed by atoms with van der Waals surface area (Å²) in [5.41, 5.74) is 2.47. The second-order valence-corrected chi connectivity index (χ2v) is 7.02. The molecule has 26 heavy (non-hydrogen) atoms. The fraction of sp³-hybridized carbons (Fsp3) is 0.350. The van der Waals surface area contributed by atoms with Crippen molar-refractivity contribution in [3.63, 3.8) is 0 Å². The van der Waals surface area contributed by atoms with Crippen molar-refractivity contribution in [1.29, 1.82) is 0 Å². The van der Waals surface area contributed by atoms with Crippen molar-refractivity contribution in [1.82, 2.24) is 4.90 Å². The summed E-state index contributed by atoms with van der Waals surface area (Å²) in [7, 11) is 1.54. The number of nitrogens with zero attached hydrogens (tertiary/aromatic N) is 1. The molecule has 1 fully saturated rings. The minimum Gasteiger partial charge on any atom is -0.495 e. The molecule has 0 aliphatic heterocycles. The third-order valence-electron chi connectivity index (χ3n) is 4.46. The van der Waals surface area contributed by atoms with E-state index in [0.29, 0.717) is 29.0 Å². The van der Waals surface area contributed by atoms with Crippen LogP contribution < -0.4 is 10.1 Å². The zero-order valence-corrected chi connectivity index (χ0v) is 15.6. The van der Waals surface area contributed by atoms with Crippen molar-refractivity contribution in [2.45, 2.75) is 32.4 Å². The number of ether oxygens (including phenoxy) is 1. The Kier molecular flexibility index (Phi) is 5.79. The SMILES string of the molecule is COc1cc(Cl)c(C)cc1NC(=O)CN(Cc1ccc(F)cc1)C1CC1.